The number of halogens is 1. The summed E-state index contributed by atoms with van der Waals surface area (Å²) >= 11 is 0. The van der Waals surface area contributed by atoms with Gasteiger partial charge >= 0.3 is 0 Å². The molecule has 0 bridgehead atoms. The Labute approximate surface area is 173 Å². The van der Waals surface area contributed by atoms with Crippen LogP contribution in [0.25, 0.3) is 11.3 Å². The van der Waals surface area contributed by atoms with Crippen LogP contribution in [0.4, 0.5) is 10.2 Å². The predicted molar refractivity (Wildman–Crippen MR) is 112 cm³/mol. The van der Waals surface area contributed by atoms with Crippen molar-refractivity contribution >= 4 is 11.7 Å². The van der Waals surface area contributed by atoms with Gasteiger partial charge < -0.3 is 14.4 Å². The van der Waals surface area contributed by atoms with Crippen LogP contribution in [0.2, 0.25) is 0 Å². The molecule has 0 unspecified atom stereocenters. The summed E-state index contributed by atoms with van der Waals surface area (Å²) in [6.07, 6.45) is 2.25. The van der Waals surface area contributed by atoms with E-state index in [1.165, 1.54) is 12.1 Å². The second-order valence-corrected chi connectivity index (χ2v) is 6.93. The summed E-state index contributed by atoms with van der Waals surface area (Å²) in [4.78, 5) is 17.6. The molecule has 1 amide bonds. The van der Waals surface area contributed by atoms with Gasteiger partial charge in [0.25, 0.3) is 5.91 Å². The topological polar surface area (TPSA) is 73.0 Å². The lowest BCUT2D eigenvalue weighted by Gasteiger charge is -2.12. The van der Waals surface area contributed by atoms with E-state index in [0.717, 1.165) is 5.56 Å². The van der Waals surface area contributed by atoms with Crippen LogP contribution in [-0.2, 0) is 13.0 Å². The summed E-state index contributed by atoms with van der Waals surface area (Å²) < 4.78 is 20.5. The zero-order valence-corrected chi connectivity index (χ0v) is 16.7. The molecule has 0 radical (unpaired) electrons. The fourth-order valence-corrected chi connectivity index (χ4v) is 3.35. The number of nitrogens with zero attached hydrogens (tertiary/aromatic N) is 3. The zero-order valence-electron chi connectivity index (χ0n) is 16.7. The number of aromatic nitrogens is 3. The monoisotopic (exact) mass is 404 g/mol. The van der Waals surface area contributed by atoms with E-state index in [1.54, 1.807) is 25.4 Å². The Kier molecular flexibility index (Phi) is 5.43. The lowest BCUT2D eigenvalue weighted by Crippen LogP contribution is -2.18. The van der Waals surface area contributed by atoms with Crippen molar-refractivity contribution in [3.8, 4) is 11.3 Å². The summed E-state index contributed by atoms with van der Waals surface area (Å²) in [6, 6.07) is 15.9. The lowest BCUT2D eigenvalue weighted by atomic mass is 10.1. The normalized spacial score (nSPS) is 10.9. The highest BCUT2D eigenvalue weighted by Gasteiger charge is 2.23. The number of carbonyl (C=O) groups is 1. The predicted octanol–water partition coefficient (Wildman–Crippen LogP) is 4.85. The summed E-state index contributed by atoms with van der Waals surface area (Å²) in [5.74, 6) is 0.337. The molecule has 0 spiro atoms. The second kappa shape index (κ2) is 8.32. The Hall–Kier alpha value is -3.74. The molecule has 0 aliphatic heterocycles. The van der Waals surface area contributed by atoms with Crippen molar-refractivity contribution in [1.29, 1.82) is 0 Å². The van der Waals surface area contributed by atoms with Crippen molar-refractivity contribution in [1.82, 2.24) is 14.7 Å². The van der Waals surface area contributed by atoms with Crippen molar-refractivity contribution in [2.24, 2.45) is 0 Å². The first-order valence-electron chi connectivity index (χ1n) is 9.68. The van der Waals surface area contributed by atoms with E-state index in [-0.39, 0.29) is 11.7 Å². The Morgan fingerprint density at radius 2 is 1.87 bits per heavy atom. The van der Waals surface area contributed by atoms with Crippen LogP contribution >= 0.6 is 0 Å². The number of anilines is 1. The Morgan fingerprint density at radius 1 is 1.13 bits per heavy atom. The molecule has 6 nitrogen and oxygen atoms in total. The van der Waals surface area contributed by atoms with E-state index in [1.807, 2.05) is 41.8 Å². The van der Waals surface area contributed by atoms with Crippen molar-refractivity contribution in [2.45, 2.75) is 26.8 Å². The molecule has 0 atom stereocenters. The smallest absolute Gasteiger partial charge is 0.262 e. The first kappa shape index (κ1) is 19.6. The van der Waals surface area contributed by atoms with Gasteiger partial charge in [0.2, 0.25) is 0 Å². The number of imidazole rings is 1. The molecular weight excluding hydrogens is 383 g/mol. The Balaban J connectivity index is 1.74. The second-order valence-electron chi connectivity index (χ2n) is 6.93. The van der Waals surface area contributed by atoms with Gasteiger partial charge in [0.15, 0.2) is 0 Å². The Morgan fingerprint density at radius 3 is 2.57 bits per heavy atom. The van der Waals surface area contributed by atoms with Gasteiger partial charge in [-0.1, -0.05) is 42.4 Å². The summed E-state index contributed by atoms with van der Waals surface area (Å²) in [7, 11) is 0. The molecule has 0 saturated carbocycles. The minimum atomic E-state index is -0.333. The van der Waals surface area contributed by atoms with E-state index >= 15 is 0 Å². The van der Waals surface area contributed by atoms with Crippen LogP contribution < -0.4 is 5.32 Å². The van der Waals surface area contributed by atoms with Gasteiger partial charge in [-0.3, -0.25) is 4.79 Å². The maximum absolute atomic E-state index is 13.4. The number of aryl methyl sites for hydroxylation is 2. The van der Waals surface area contributed by atoms with E-state index in [2.05, 4.69) is 15.5 Å². The van der Waals surface area contributed by atoms with E-state index in [0.29, 0.717) is 47.1 Å². The summed E-state index contributed by atoms with van der Waals surface area (Å²) in [5, 5.41) is 6.94. The Bertz CT molecular complexity index is 1160. The summed E-state index contributed by atoms with van der Waals surface area (Å²) in [5.41, 5.74) is 3.35. The molecule has 0 saturated heterocycles. The quantitative estimate of drug-likeness (QED) is 0.499. The minimum Gasteiger partial charge on any atom is -0.361 e. The molecule has 30 heavy (non-hydrogen) atoms. The van der Waals surface area contributed by atoms with Gasteiger partial charge in [-0.25, -0.2) is 9.37 Å². The number of carbonyl (C=O) groups excluding carboxylic acids is 1. The van der Waals surface area contributed by atoms with Crippen molar-refractivity contribution in [2.75, 3.05) is 5.32 Å². The van der Waals surface area contributed by atoms with E-state index in [4.69, 9.17) is 4.52 Å². The lowest BCUT2D eigenvalue weighted by molar-refractivity contribution is 0.102. The number of benzene rings is 2. The fourth-order valence-electron chi connectivity index (χ4n) is 3.35. The van der Waals surface area contributed by atoms with Gasteiger partial charge in [-0.15, -0.1) is 0 Å². The molecular formula is C23H21FN4O2. The van der Waals surface area contributed by atoms with E-state index < -0.39 is 0 Å². The molecule has 0 aliphatic rings. The van der Waals surface area contributed by atoms with Crippen LogP contribution in [0.1, 0.15) is 34.3 Å². The third-order valence-corrected chi connectivity index (χ3v) is 4.88. The van der Waals surface area contributed by atoms with Crippen LogP contribution in [-0.4, -0.2) is 20.6 Å². The number of amides is 1. The highest BCUT2D eigenvalue weighted by atomic mass is 19.1. The molecule has 1 N–H and O–H groups in total. The van der Waals surface area contributed by atoms with Crippen LogP contribution in [0, 0.1) is 12.7 Å². The number of nitrogens with one attached hydrogen (secondary N) is 1. The summed E-state index contributed by atoms with van der Waals surface area (Å²) in [6.45, 7) is 4.15. The fraction of sp³-hybridized carbons (Fsp3) is 0.174. The standard InChI is InChI=1S/C23H21FN4O2/c1-3-19-20(15(2)30-27-19)23(29)26-22-21(17-9-11-18(24)12-10-17)25-14-28(22)13-16-7-5-4-6-8-16/h4-12,14H,3,13H2,1-2H3,(H,26,29). The van der Waals surface area contributed by atoms with Crippen molar-refractivity contribution < 1.29 is 13.7 Å². The SMILES string of the molecule is CCc1noc(C)c1C(=O)Nc1c(-c2ccc(F)cc2)ncn1Cc1ccccc1. The van der Waals surface area contributed by atoms with Crippen LogP contribution in [0.15, 0.2) is 65.4 Å². The number of rotatable bonds is 6. The van der Waals surface area contributed by atoms with Gasteiger partial charge in [0.05, 0.1) is 18.6 Å². The van der Waals surface area contributed by atoms with Gasteiger partial charge in [-0.2, -0.15) is 0 Å². The number of hydrogen-bond donors (Lipinski definition) is 1. The van der Waals surface area contributed by atoms with Crippen molar-refractivity contribution in [3.05, 3.63) is 89.3 Å². The average Bonchev–Trinajstić information content (AvgIpc) is 3.32. The molecule has 152 valence electrons. The molecule has 4 rings (SSSR count). The minimum absolute atomic E-state index is 0.316. The average molecular weight is 404 g/mol. The van der Waals surface area contributed by atoms with Crippen LogP contribution in [0.3, 0.4) is 0 Å². The molecule has 0 aliphatic carbocycles. The first-order chi connectivity index (χ1) is 14.6. The molecule has 2 heterocycles. The van der Waals surface area contributed by atoms with E-state index in [9.17, 15) is 9.18 Å². The maximum Gasteiger partial charge on any atom is 0.262 e. The van der Waals surface area contributed by atoms with Gasteiger partial charge in [0, 0.05) is 5.56 Å². The van der Waals surface area contributed by atoms with Crippen LogP contribution in [0.5, 0.6) is 0 Å². The largest absolute Gasteiger partial charge is 0.361 e. The number of hydrogen-bond acceptors (Lipinski definition) is 4. The van der Waals surface area contributed by atoms with Crippen molar-refractivity contribution in [3.63, 3.8) is 0 Å². The van der Waals surface area contributed by atoms with Gasteiger partial charge in [-0.05, 0) is 43.2 Å². The third-order valence-electron chi connectivity index (χ3n) is 4.88. The van der Waals surface area contributed by atoms with Gasteiger partial charge in [0.1, 0.15) is 28.7 Å². The molecule has 4 aromatic rings. The molecule has 7 heteroatoms. The highest BCUT2D eigenvalue weighted by molar-refractivity contribution is 6.06. The molecule has 0 fully saturated rings. The molecule has 2 aromatic heterocycles. The molecule has 2 aromatic carbocycles. The highest BCUT2D eigenvalue weighted by Crippen LogP contribution is 2.29. The zero-order chi connectivity index (χ0) is 21.1. The first-order valence-corrected chi connectivity index (χ1v) is 9.68. The third kappa shape index (κ3) is 3.87. The maximum atomic E-state index is 13.4.